The van der Waals surface area contributed by atoms with Crippen LogP contribution in [0.4, 0.5) is 0 Å². The van der Waals surface area contributed by atoms with E-state index in [0.29, 0.717) is 6.61 Å². The van der Waals surface area contributed by atoms with Crippen molar-refractivity contribution >= 4 is 0 Å². The molecule has 1 aliphatic rings. The lowest BCUT2D eigenvalue weighted by atomic mass is 9.93. The smallest absolute Gasteiger partial charge is 0.0443 e. The Bertz CT molecular complexity index is 117. The third-order valence-corrected chi connectivity index (χ3v) is 3.14. The first-order chi connectivity index (χ1) is 6.86. The number of nitrogens with zero attached hydrogens (tertiary/aromatic N) is 1. The average Bonchev–Trinajstić information content (AvgIpc) is 2.25. The summed E-state index contributed by atoms with van der Waals surface area (Å²) in [6.07, 6.45) is 4.94. The first-order valence-electron chi connectivity index (χ1n) is 5.84. The standard InChI is InChI=1S/C11H24N2O/c1-12-6-3-11-4-8-13(9-5-11)7-2-10-14/h11-12,14H,2-10H2,1H3. The number of likely N-dealkylation sites (tertiary alicyclic amines) is 1. The lowest BCUT2D eigenvalue weighted by molar-refractivity contribution is 0.163. The molecule has 1 fully saturated rings. The van der Waals surface area contributed by atoms with E-state index in [1.165, 1.54) is 32.4 Å². The van der Waals surface area contributed by atoms with Crippen LogP contribution in [-0.4, -0.2) is 49.8 Å². The lowest BCUT2D eigenvalue weighted by Crippen LogP contribution is -2.35. The number of aliphatic hydroxyl groups excluding tert-OH is 1. The Morgan fingerprint density at radius 1 is 1.36 bits per heavy atom. The van der Waals surface area contributed by atoms with Gasteiger partial charge < -0.3 is 15.3 Å². The number of rotatable bonds is 6. The molecule has 3 nitrogen and oxygen atoms in total. The SMILES string of the molecule is CNCCC1CCN(CCCO)CC1. The van der Waals surface area contributed by atoms with Crippen LogP contribution in [0.3, 0.4) is 0 Å². The Hall–Kier alpha value is -0.120. The Morgan fingerprint density at radius 2 is 2.07 bits per heavy atom. The Balaban J connectivity index is 2.05. The van der Waals surface area contributed by atoms with Crippen molar-refractivity contribution in [3.8, 4) is 0 Å². The summed E-state index contributed by atoms with van der Waals surface area (Å²) in [5.74, 6) is 0.924. The molecule has 1 heterocycles. The van der Waals surface area contributed by atoms with E-state index in [1.807, 2.05) is 7.05 Å². The molecule has 0 aromatic carbocycles. The van der Waals surface area contributed by atoms with Crippen molar-refractivity contribution in [3.63, 3.8) is 0 Å². The summed E-state index contributed by atoms with van der Waals surface area (Å²) in [4.78, 5) is 2.48. The Kier molecular flexibility index (Phi) is 6.15. The summed E-state index contributed by atoms with van der Waals surface area (Å²) in [7, 11) is 2.02. The molecule has 0 unspecified atom stereocenters. The van der Waals surface area contributed by atoms with Crippen LogP contribution >= 0.6 is 0 Å². The monoisotopic (exact) mass is 200 g/mol. The van der Waals surface area contributed by atoms with Gasteiger partial charge in [0.15, 0.2) is 0 Å². The van der Waals surface area contributed by atoms with Crippen LogP contribution in [0, 0.1) is 5.92 Å². The molecule has 0 bridgehead atoms. The fourth-order valence-corrected chi connectivity index (χ4v) is 2.14. The second kappa shape index (κ2) is 7.21. The van der Waals surface area contributed by atoms with Gasteiger partial charge in [-0.2, -0.15) is 0 Å². The number of hydrogen-bond acceptors (Lipinski definition) is 3. The fraction of sp³-hybridized carbons (Fsp3) is 1.00. The molecule has 0 spiro atoms. The summed E-state index contributed by atoms with van der Waals surface area (Å²) in [5, 5.41) is 11.9. The van der Waals surface area contributed by atoms with Gasteiger partial charge in [0.05, 0.1) is 0 Å². The maximum Gasteiger partial charge on any atom is 0.0443 e. The van der Waals surface area contributed by atoms with Gasteiger partial charge in [0, 0.05) is 13.2 Å². The fourth-order valence-electron chi connectivity index (χ4n) is 2.14. The third kappa shape index (κ3) is 4.40. The number of nitrogens with one attached hydrogen (secondary N) is 1. The van der Waals surface area contributed by atoms with Crippen LogP contribution in [0.5, 0.6) is 0 Å². The van der Waals surface area contributed by atoms with Crippen LogP contribution in [-0.2, 0) is 0 Å². The van der Waals surface area contributed by atoms with Gasteiger partial charge in [-0.05, 0) is 58.3 Å². The van der Waals surface area contributed by atoms with Crippen LogP contribution < -0.4 is 5.32 Å². The highest BCUT2D eigenvalue weighted by Crippen LogP contribution is 2.19. The zero-order chi connectivity index (χ0) is 10.2. The molecule has 1 rings (SSSR count). The zero-order valence-electron chi connectivity index (χ0n) is 9.34. The largest absolute Gasteiger partial charge is 0.396 e. The molecule has 14 heavy (non-hydrogen) atoms. The zero-order valence-corrected chi connectivity index (χ0v) is 9.34. The molecule has 84 valence electrons. The summed E-state index contributed by atoms with van der Waals surface area (Å²) >= 11 is 0. The lowest BCUT2D eigenvalue weighted by Gasteiger charge is -2.31. The molecule has 0 aliphatic carbocycles. The van der Waals surface area contributed by atoms with Crippen molar-refractivity contribution in [1.29, 1.82) is 0 Å². The highest BCUT2D eigenvalue weighted by molar-refractivity contribution is 4.72. The number of aliphatic hydroxyl groups is 1. The van der Waals surface area contributed by atoms with E-state index in [-0.39, 0.29) is 0 Å². The molecule has 0 aromatic heterocycles. The third-order valence-electron chi connectivity index (χ3n) is 3.14. The summed E-state index contributed by atoms with van der Waals surface area (Å²) < 4.78 is 0. The van der Waals surface area contributed by atoms with E-state index in [1.54, 1.807) is 0 Å². The van der Waals surface area contributed by atoms with Gasteiger partial charge in [-0.15, -0.1) is 0 Å². The van der Waals surface area contributed by atoms with E-state index in [0.717, 1.165) is 25.4 Å². The molecule has 0 atom stereocenters. The molecule has 1 aliphatic heterocycles. The maximum atomic E-state index is 8.73. The molecule has 2 N–H and O–H groups in total. The van der Waals surface area contributed by atoms with Crippen molar-refractivity contribution in [2.45, 2.75) is 25.7 Å². The van der Waals surface area contributed by atoms with Crippen LogP contribution in [0.25, 0.3) is 0 Å². The predicted octanol–water partition coefficient (Wildman–Crippen LogP) is 0.690. The molecule has 3 heteroatoms. The topological polar surface area (TPSA) is 35.5 Å². The molecule has 0 amide bonds. The first-order valence-corrected chi connectivity index (χ1v) is 5.84. The van der Waals surface area contributed by atoms with E-state index in [2.05, 4.69) is 10.2 Å². The molecular weight excluding hydrogens is 176 g/mol. The van der Waals surface area contributed by atoms with Gasteiger partial charge in [-0.25, -0.2) is 0 Å². The molecule has 0 aromatic rings. The van der Waals surface area contributed by atoms with Crippen molar-refractivity contribution < 1.29 is 5.11 Å². The van der Waals surface area contributed by atoms with E-state index < -0.39 is 0 Å². The average molecular weight is 200 g/mol. The van der Waals surface area contributed by atoms with Gasteiger partial charge in [-0.1, -0.05) is 0 Å². The summed E-state index contributed by atoms with van der Waals surface area (Å²) in [6, 6.07) is 0. The highest BCUT2D eigenvalue weighted by Gasteiger charge is 2.17. The van der Waals surface area contributed by atoms with Crippen LogP contribution in [0.2, 0.25) is 0 Å². The molecule has 1 saturated heterocycles. The van der Waals surface area contributed by atoms with Crippen molar-refractivity contribution in [1.82, 2.24) is 10.2 Å². The first kappa shape index (κ1) is 12.0. The van der Waals surface area contributed by atoms with E-state index in [9.17, 15) is 0 Å². The molecule has 0 saturated carbocycles. The minimum atomic E-state index is 0.333. The minimum Gasteiger partial charge on any atom is -0.396 e. The summed E-state index contributed by atoms with van der Waals surface area (Å²) in [5.41, 5.74) is 0. The predicted molar refractivity (Wildman–Crippen MR) is 59.4 cm³/mol. The van der Waals surface area contributed by atoms with Gasteiger partial charge in [-0.3, -0.25) is 0 Å². The van der Waals surface area contributed by atoms with Crippen molar-refractivity contribution in [2.75, 3.05) is 39.8 Å². The van der Waals surface area contributed by atoms with Crippen molar-refractivity contribution in [2.24, 2.45) is 5.92 Å². The summed E-state index contributed by atoms with van der Waals surface area (Å²) in [6.45, 7) is 5.03. The highest BCUT2D eigenvalue weighted by atomic mass is 16.3. The molecular formula is C11H24N2O. The Morgan fingerprint density at radius 3 is 2.64 bits per heavy atom. The minimum absolute atomic E-state index is 0.333. The van der Waals surface area contributed by atoms with Crippen molar-refractivity contribution in [3.05, 3.63) is 0 Å². The quantitative estimate of drug-likeness (QED) is 0.662. The van der Waals surface area contributed by atoms with E-state index >= 15 is 0 Å². The Labute approximate surface area is 87.5 Å². The van der Waals surface area contributed by atoms with Crippen LogP contribution in [0.15, 0.2) is 0 Å². The van der Waals surface area contributed by atoms with Gasteiger partial charge in [0.2, 0.25) is 0 Å². The number of hydrogen-bond donors (Lipinski definition) is 2. The van der Waals surface area contributed by atoms with E-state index in [4.69, 9.17) is 5.11 Å². The maximum absolute atomic E-state index is 8.73. The van der Waals surface area contributed by atoms with Gasteiger partial charge >= 0.3 is 0 Å². The second-order valence-electron chi connectivity index (χ2n) is 4.25. The van der Waals surface area contributed by atoms with Gasteiger partial charge in [0.25, 0.3) is 0 Å². The van der Waals surface area contributed by atoms with Crippen LogP contribution in [0.1, 0.15) is 25.7 Å². The number of piperidine rings is 1. The molecule has 0 radical (unpaired) electrons. The second-order valence-corrected chi connectivity index (χ2v) is 4.25. The normalized spacial score (nSPS) is 20.1. The van der Waals surface area contributed by atoms with Gasteiger partial charge in [0.1, 0.15) is 0 Å².